The Bertz CT molecular complexity index is 832. The molecule has 0 unspecified atom stereocenters. The highest BCUT2D eigenvalue weighted by Crippen LogP contribution is 2.44. The molecule has 2 aromatic rings. The van der Waals surface area contributed by atoms with Crippen LogP contribution in [0.3, 0.4) is 0 Å². The van der Waals surface area contributed by atoms with Crippen molar-refractivity contribution in [1.82, 2.24) is 5.32 Å². The number of azide groups is 1. The van der Waals surface area contributed by atoms with Crippen LogP contribution in [-0.4, -0.2) is 31.6 Å². The number of carbonyl (C=O) groups excluding carboxylic acids is 2. The molecule has 27 heavy (non-hydrogen) atoms. The van der Waals surface area contributed by atoms with Gasteiger partial charge < -0.3 is 14.8 Å². The van der Waals surface area contributed by atoms with Crippen molar-refractivity contribution in [3.05, 3.63) is 70.1 Å². The maximum absolute atomic E-state index is 12.1. The van der Waals surface area contributed by atoms with Crippen molar-refractivity contribution in [3.63, 3.8) is 0 Å². The minimum absolute atomic E-state index is 0.0252. The summed E-state index contributed by atoms with van der Waals surface area (Å²) in [5.74, 6) is -0.0252. The van der Waals surface area contributed by atoms with E-state index >= 15 is 0 Å². The van der Waals surface area contributed by atoms with Gasteiger partial charge in [0.1, 0.15) is 12.9 Å². The highest BCUT2D eigenvalue weighted by atomic mass is 16.5. The molecule has 7 nitrogen and oxygen atoms in total. The fraction of sp³-hybridized carbons (Fsp3) is 0.300. The average Bonchev–Trinajstić information content (AvgIpc) is 3.02. The van der Waals surface area contributed by atoms with Crippen LogP contribution in [0.2, 0.25) is 0 Å². The maximum Gasteiger partial charge on any atom is 0.407 e. The van der Waals surface area contributed by atoms with Gasteiger partial charge in [0.05, 0.1) is 6.04 Å². The summed E-state index contributed by atoms with van der Waals surface area (Å²) in [6, 6.07) is 15.5. The van der Waals surface area contributed by atoms with Crippen molar-refractivity contribution in [2.75, 3.05) is 13.2 Å². The van der Waals surface area contributed by atoms with Gasteiger partial charge in [-0.15, -0.1) is 0 Å². The van der Waals surface area contributed by atoms with Crippen molar-refractivity contribution in [1.29, 1.82) is 0 Å². The summed E-state index contributed by atoms with van der Waals surface area (Å²) in [4.78, 5) is 25.9. The number of amides is 1. The van der Waals surface area contributed by atoms with E-state index < -0.39 is 12.1 Å². The summed E-state index contributed by atoms with van der Waals surface area (Å²) in [6.45, 7) is 0.484. The van der Waals surface area contributed by atoms with E-state index in [4.69, 9.17) is 10.3 Å². The molecule has 0 fully saturated rings. The summed E-state index contributed by atoms with van der Waals surface area (Å²) in [5, 5.41) is 5.96. The molecule has 1 amide bonds. The molecule has 1 aliphatic carbocycles. The van der Waals surface area contributed by atoms with Crippen molar-refractivity contribution in [2.45, 2.75) is 24.8 Å². The summed E-state index contributed by atoms with van der Waals surface area (Å²) in [5.41, 5.74) is 12.8. The van der Waals surface area contributed by atoms with Crippen LogP contribution in [-0.2, 0) is 9.53 Å². The Morgan fingerprint density at radius 3 is 2.41 bits per heavy atom. The third-order valence-corrected chi connectivity index (χ3v) is 4.65. The van der Waals surface area contributed by atoms with E-state index in [-0.39, 0.29) is 19.1 Å². The molecule has 2 aromatic carbocycles. The van der Waals surface area contributed by atoms with Crippen molar-refractivity contribution < 1.29 is 14.3 Å². The molecule has 0 bridgehead atoms. The molecule has 7 heteroatoms. The van der Waals surface area contributed by atoms with Gasteiger partial charge in [0, 0.05) is 17.4 Å². The minimum Gasteiger partial charge on any atom is -0.449 e. The number of aldehydes is 1. The van der Waals surface area contributed by atoms with E-state index in [9.17, 15) is 9.59 Å². The molecule has 0 radical (unpaired) electrons. The number of fused-ring (bicyclic) bond motifs is 3. The number of nitrogens with zero attached hydrogens (tertiary/aromatic N) is 3. The Kier molecular flexibility index (Phi) is 6.07. The van der Waals surface area contributed by atoms with Gasteiger partial charge in [-0.25, -0.2) is 4.79 Å². The monoisotopic (exact) mass is 364 g/mol. The quantitative estimate of drug-likeness (QED) is 0.250. The normalized spacial score (nSPS) is 13.0. The largest absolute Gasteiger partial charge is 0.449 e. The van der Waals surface area contributed by atoms with Crippen LogP contribution in [0.25, 0.3) is 21.6 Å². The van der Waals surface area contributed by atoms with Crippen LogP contribution in [0.15, 0.2) is 53.6 Å². The summed E-state index contributed by atoms with van der Waals surface area (Å²) in [7, 11) is 0. The standard InChI is InChI=1S/C20H20N4O3/c21-24-22-11-5-6-14(12-25)23-20(26)27-13-19-17-9-3-1-7-15(17)16-8-2-4-10-18(16)19/h1-4,7-10,12,14,19H,5-6,11,13H2,(H,23,26)/t14-/m1/s1. The lowest BCUT2D eigenvalue weighted by molar-refractivity contribution is -0.109. The third kappa shape index (κ3) is 4.27. The number of hydrogen-bond acceptors (Lipinski definition) is 4. The number of benzene rings is 2. The molecule has 1 N–H and O–H groups in total. The first kappa shape index (κ1) is 18.5. The molecule has 1 atom stereocenters. The van der Waals surface area contributed by atoms with E-state index in [1.165, 1.54) is 0 Å². The van der Waals surface area contributed by atoms with Gasteiger partial charge in [0.2, 0.25) is 0 Å². The Labute approximate surface area is 157 Å². The second-order valence-corrected chi connectivity index (χ2v) is 6.31. The number of hydrogen-bond donors (Lipinski definition) is 1. The van der Waals surface area contributed by atoms with Gasteiger partial charge in [0.25, 0.3) is 0 Å². The van der Waals surface area contributed by atoms with E-state index in [0.29, 0.717) is 19.1 Å². The van der Waals surface area contributed by atoms with Crippen LogP contribution in [0, 0.1) is 0 Å². The fourth-order valence-electron chi connectivity index (χ4n) is 3.39. The minimum atomic E-state index is -0.658. The molecular formula is C20H20N4O3. The van der Waals surface area contributed by atoms with Crippen LogP contribution >= 0.6 is 0 Å². The molecule has 0 aromatic heterocycles. The zero-order valence-corrected chi connectivity index (χ0v) is 14.7. The lowest BCUT2D eigenvalue weighted by Crippen LogP contribution is -2.37. The van der Waals surface area contributed by atoms with Crippen LogP contribution in [0.5, 0.6) is 0 Å². The molecule has 3 rings (SSSR count). The molecular weight excluding hydrogens is 344 g/mol. The number of carbonyl (C=O) groups is 2. The number of rotatable bonds is 8. The molecule has 0 aliphatic heterocycles. The van der Waals surface area contributed by atoms with Crippen LogP contribution < -0.4 is 5.32 Å². The lowest BCUT2D eigenvalue weighted by Gasteiger charge is -2.16. The molecule has 0 heterocycles. The number of nitrogens with one attached hydrogen (secondary N) is 1. The molecule has 0 saturated heterocycles. The predicted molar refractivity (Wildman–Crippen MR) is 101 cm³/mol. The SMILES string of the molecule is [N-]=[N+]=NCCC[C@H](C=O)NC(=O)OCC1c2ccccc2-c2ccccc21. The first-order chi connectivity index (χ1) is 13.2. The molecule has 138 valence electrons. The molecule has 0 saturated carbocycles. The Morgan fingerprint density at radius 1 is 1.19 bits per heavy atom. The highest BCUT2D eigenvalue weighted by Gasteiger charge is 2.29. The second kappa shape index (κ2) is 8.87. The Balaban J connectivity index is 1.60. The van der Waals surface area contributed by atoms with E-state index in [1.54, 1.807) is 0 Å². The molecule has 0 spiro atoms. The zero-order valence-electron chi connectivity index (χ0n) is 14.7. The van der Waals surface area contributed by atoms with Gasteiger partial charge in [-0.3, -0.25) is 0 Å². The van der Waals surface area contributed by atoms with E-state index in [1.807, 2.05) is 36.4 Å². The first-order valence-corrected chi connectivity index (χ1v) is 8.82. The Hall–Kier alpha value is -3.31. The third-order valence-electron chi connectivity index (χ3n) is 4.65. The number of alkyl carbamates (subject to hydrolysis) is 1. The lowest BCUT2D eigenvalue weighted by atomic mass is 9.98. The first-order valence-electron chi connectivity index (χ1n) is 8.82. The van der Waals surface area contributed by atoms with Crippen LogP contribution in [0.4, 0.5) is 4.79 Å². The van der Waals surface area contributed by atoms with E-state index in [0.717, 1.165) is 22.3 Å². The summed E-state index contributed by atoms with van der Waals surface area (Å²) in [6.07, 6.45) is 0.944. The van der Waals surface area contributed by atoms with E-state index in [2.05, 4.69) is 27.5 Å². The van der Waals surface area contributed by atoms with Gasteiger partial charge in [-0.2, -0.15) is 0 Å². The molecule has 1 aliphatic rings. The maximum atomic E-state index is 12.1. The highest BCUT2D eigenvalue weighted by molar-refractivity contribution is 5.79. The van der Waals surface area contributed by atoms with Gasteiger partial charge in [-0.1, -0.05) is 53.6 Å². The predicted octanol–water partition coefficient (Wildman–Crippen LogP) is 4.18. The van der Waals surface area contributed by atoms with Gasteiger partial charge in [-0.05, 0) is 40.6 Å². The van der Waals surface area contributed by atoms with Crippen molar-refractivity contribution in [2.24, 2.45) is 5.11 Å². The summed E-state index contributed by atoms with van der Waals surface area (Å²) >= 11 is 0. The average molecular weight is 364 g/mol. The van der Waals surface area contributed by atoms with Gasteiger partial charge in [0.15, 0.2) is 0 Å². The topological polar surface area (TPSA) is 104 Å². The van der Waals surface area contributed by atoms with Crippen molar-refractivity contribution in [3.8, 4) is 11.1 Å². The van der Waals surface area contributed by atoms with Crippen LogP contribution in [0.1, 0.15) is 29.9 Å². The fourth-order valence-corrected chi connectivity index (χ4v) is 3.39. The summed E-state index contributed by atoms with van der Waals surface area (Å²) < 4.78 is 5.41. The number of ether oxygens (including phenoxy) is 1. The second-order valence-electron chi connectivity index (χ2n) is 6.31. The van der Waals surface area contributed by atoms with Crippen molar-refractivity contribution >= 4 is 12.4 Å². The van der Waals surface area contributed by atoms with Gasteiger partial charge >= 0.3 is 6.09 Å². The smallest absolute Gasteiger partial charge is 0.407 e. The Morgan fingerprint density at radius 2 is 1.81 bits per heavy atom. The zero-order chi connectivity index (χ0) is 19.1.